The molecule has 1 fully saturated rings. The van der Waals surface area contributed by atoms with Crippen molar-refractivity contribution >= 4 is 32.5 Å². The molecule has 1 aliphatic rings. The molecule has 86 valence electrons. The average Bonchev–Trinajstić information content (AvgIpc) is 3.11. The van der Waals surface area contributed by atoms with E-state index in [1.54, 1.807) is 6.07 Å². The Bertz CT molecular complexity index is 625. The highest BCUT2D eigenvalue weighted by molar-refractivity contribution is 9.10. The second kappa shape index (κ2) is 3.73. The third-order valence-corrected chi connectivity index (χ3v) is 3.41. The highest BCUT2D eigenvalue weighted by Crippen LogP contribution is 2.39. The van der Waals surface area contributed by atoms with Gasteiger partial charge in [0.2, 0.25) is 0 Å². The highest BCUT2D eigenvalue weighted by Gasteiger charge is 2.27. The molecule has 2 aromatic rings. The van der Waals surface area contributed by atoms with Crippen molar-refractivity contribution in [3.8, 4) is 0 Å². The number of nitro benzene ring substituents is 1. The molecule has 1 aromatic carbocycles. The van der Waals surface area contributed by atoms with Crippen LogP contribution in [0.4, 0.5) is 5.69 Å². The van der Waals surface area contributed by atoms with Gasteiger partial charge in [-0.25, -0.2) is 9.97 Å². The normalized spacial score (nSPS) is 15.1. The van der Waals surface area contributed by atoms with E-state index < -0.39 is 4.92 Å². The fourth-order valence-corrected chi connectivity index (χ4v) is 2.25. The molecule has 0 atom stereocenters. The van der Waals surface area contributed by atoms with Gasteiger partial charge in [-0.3, -0.25) is 10.1 Å². The molecule has 0 bridgehead atoms. The number of halogens is 1. The molecule has 1 aromatic heterocycles. The van der Waals surface area contributed by atoms with E-state index in [0.717, 1.165) is 24.1 Å². The van der Waals surface area contributed by atoms with Gasteiger partial charge in [-0.05, 0) is 34.8 Å². The van der Waals surface area contributed by atoms with Gasteiger partial charge in [0.25, 0.3) is 5.69 Å². The molecule has 3 rings (SSSR count). The minimum atomic E-state index is -0.410. The Balaban J connectivity index is 2.22. The molecular formula is C11H8BrN3O2. The van der Waals surface area contributed by atoms with E-state index in [-0.39, 0.29) is 5.69 Å². The van der Waals surface area contributed by atoms with Gasteiger partial charge in [-0.1, -0.05) is 0 Å². The lowest BCUT2D eigenvalue weighted by molar-refractivity contribution is -0.384. The van der Waals surface area contributed by atoms with E-state index in [1.807, 2.05) is 0 Å². The van der Waals surface area contributed by atoms with Crippen molar-refractivity contribution in [2.75, 3.05) is 0 Å². The second-order valence-electron chi connectivity index (χ2n) is 4.11. The summed E-state index contributed by atoms with van der Waals surface area (Å²) in [5, 5.41) is 11.5. The summed E-state index contributed by atoms with van der Waals surface area (Å²) in [5.74, 6) is 1.21. The Morgan fingerprint density at radius 3 is 2.76 bits per heavy atom. The largest absolute Gasteiger partial charge is 0.271 e. The Labute approximate surface area is 105 Å². The summed E-state index contributed by atoms with van der Waals surface area (Å²) >= 11 is 3.38. The number of hydrogen-bond acceptors (Lipinski definition) is 4. The summed E-state index contributed by atoms with van der Waals surface area (Å²) in [6.07, 6.45) is 2.21. The maximum Gasteiger partial charge on any atom is 0.271 e. The maximum atomic E-state index is 10.7. The van der Waals surface area contributed by atoms with Crippen LogP contribution in [0.1, 0.15) is 24.6 Å². The van der Waals surface area contributed by atoms with Crippen LogP contribution >= 0.6 is 15.9 Å². The van der Waals surface area contributed by atoms with E-state index >= 15 is 0 Å². The number of nitro groups is 1. The fraction of sp³-hybridized carbons (Fsp3) is 0.273. The predicted molar refractivity (Wildman–Crippen MR) is 65.9 cm³/mol. The van der Waals surface area contributed by atoms with Crippen LogP contribution in [0.3, 0.4) is 0 Å². The summed E-state index contributed by atoms with van der Waals surface area (Å²) in [6, 6.07) is 4.63. The van der Waals surface area contributed by atoms with Gasteiger partial charge in [0.1, 0.15) is 10.4 Å². The third kappa shape index (κ3) is 1.88. The Morgan fingerprint density at radius 2 is 2.12 bits per heavy atom. The van der Waals surface area contributed by atoms with Crippen molar-refractivity contribution in [1.29, 1.82) is 0 Å². The Hall–Kier alpha value is -1.56. The van der Waals surface area contributed by atoms with E-state index in [4.69, 9.17) is 0 Å². The zero-order valence-corrected chi connectivity index (χ0v) is 10.3. The minimum Gasteiger partial charge on any atom is -0.258 e. The van der Waals surface area contributed by atoms with Gasteiger partial charge >= 0.3 is 0 Å². The predicted octanol–water partition coefficient (Wildman–Crippen LogP) is 3.18. The second-order valence-corrected chi connectivity index (χ2v) is 4.86. The molecular weight excluding hydrogens is 286 g/mol. The van der Waals surface area contributed by atoms with E-state index in [9.17, 15) is 10.1 Å². The minimum absolute atomic E-state index is 0.0600. The van der Waals surface area contributed by atoms with Crippen molar-refractivity contribution in [2.24, 2.45) is 0 Å². The number of hydrogen-bond donors (Lipinski definition) is 0. The number of non-ortho nitro benzene ring substituents is 1. The topological polar surface area (TPSA) is 68.9 Å². The molecule has 5 nitrogen and oxygen atoms in total. The summed E-state index contributed by atoms with van der Waals surface area (Å²) < 4.78 is 0.708. The SMILES string of the molecule is O=[N+]([O-])c1ccc2c(Br)nc(C3CC3)nc2c1. The van der Waals surface area contributed by atoms with Gasteiger partial charge in [0.05, 0.1) is 10.4 Å². The summed E-state index contributed by atoms with van der Waals surface area (Å²) in [7, 11) is 0. The van der Waals surface area contributed by atoms with Crippen LogP contribution in [0, 0.1) is 10.1 Å². The van der Waals surface area contributed by atoms with Gasteiger partial charge in [0.15, 0.2) is 0 Å². The van der Waals surface area contributed by atoms with Crippen molar-refractivity contribution in [3.63, 3.8) is 0 Å². The fourth-order valence-electron chi connectivity index (χ4n) is 1.73. The standard InChI is InChI=1S/C11H8BrN3O2/c12-10-8-4-3-7(15(16)17)5-9(8)13-11(14-10)6-1-2-6/h3-6H,1-2H2. The molecule has 0 aliphatic heterocycles. The molecule has 0 spiro atoms. The van der Waals surface area contributed by atoms with E-state index in [2.05, 4.69) is 25.9 Å². The zero-order valence-electron chi connectivity index (χ0n) is 8.76. The van der Waals surface area contributed by atoms with Crippen LogP contribution in [0.2, 0.25) is 0 Å². The summed E-state index contributed by atoms with van der Waals surface area (Å²) in [5.41, 5.74) is 0.688. The van der Waals surface area contributed by atoms with Crippen molar-refractivity contribution in [1.82, 2.24) is 9.97 Å². The van der Waals surface area contributed by atoms with Crippen molar-refractivity contribution in [2.45, 2.75) is 18.8 Å². The molecule has 1 heterocycles. The molecule has 1 saturated carbocycles. The van der Waals surface area contributed by atoms with Crippen LogP contribution in [-0.2, 0) is 0 Å². The quantitative estimate of drug-likeness (QED) is 0.484. The van der Waals surface area contributed by atoms with Crippen LogP contribution in [-0.4, -0.2) is 14.9 Å². The first-order chi connectivity index (χ1) is 8.15. The first kappa shape index (κ1) is 10.6. The number of benzene rings is 1. The lowest BCUT2D eigenvalue weighted by atomic mass is 10.2. The molecule has 1 aliphatic carbocycles. The first-order valence-corrected chi connectivity index (χ1v) is 6.06. The molecule has 0 N–H and O–H groups in total. The maximum absolute atomic E-state index is 10.7. The summed E-state index contributed by atoms with van der Waals surface area (Å²) in [4.78, 5) is 19.1. The van der Waals surface area contributed by atoms with Crippen LogP contribution in [0.25, 0.3) is 10.9 Å². The lowest BCUT2D eigenvalue weighted by Gasteiger charge is -2.03. The van der Waals surface area contributed by atoms with Crippen LogP contribution < -0.4 is 0 Å². The van der Waals surface area contributed by atoms with Gasteiger partial charge in [0, 0.05) is 23.4 Å². The number of rotatable bonds is 2. The van der Waals surface area contributed by atoms with E-state index in [0.29, 0.717) is 16.0 Å². The molecule has 0 unspecified atom stereocenters. The van der Waals surface area contributed by atoms with Crippen molar-refractivity contribution in [3.05, 3.63) is 38.7 Å². The number of fused-ring (bicyclic) bond motifs is 1. The third-order valence-electron chi connectivity index (χ3n) is 2.80. The Morgan fingerprint density at radius 1 is 1.35 bits per heavy atom. The van der Waals surface area contributed by atoms with Crippen LogP contribution in [0.15, 0.2) is 22.8 Å². The smallest absolute Gasteiger partial charge is 0.258 e. The van der Waals surface area contributed by atoms with Gasteiger partial charge in [-0.15, -0.1) is 0 Å². The summed E-state index contributed by atoms with van der Waals surface area (Å²) in [6.45, 7) is 0. The highest BCUT2D eigenvalue weighted by atomic mass is 79.9. The van der Waals surface area contributed by atoms with Crippen LogP contribution in [0.5, 0.6) is 0 Å². The monoisotopic (exact) mass is 293 g/mol. The van der Waals surface area contributed by atoms with E-state index in [1.165, 1.54) is 12.1 Å². The molecule has 0 amide bonds. The number of aromatic nitrogens is 2. The Kier molecular flexibility index (Phi) is 2.32. The lowest BCUT2D eigenvalue weighted by Crippen LogP contribution is -1.96. The van der Waals surface area contributed by atoms with Gasteiger partial charge < -0.3 is 0 Å². The zero-order chi connectivity index (χ0) is 12.0. The molecule has 0 saturated heterocycles. The van der Waals surface area contributed by atoms with Gasteiger partial charge in [-0.2, -0.15) is 0 Å². The number of nitrogens with zero attached hydrogens (tertiary/aromatic N) is 3. The first-order valence-electron chi connectivity index (χ1n) is 5.27. The molecule has 17 heavy (non-hydrogen) atoms. The average molecular weight is 294 g/mol. The van der Waals surface area contributed by atoms with Crippen molar-refractivity contribution < 1.29 is 4.92 Å². The molecule has 6 heteroatoms. The molecule has 0 radical (unpaired) electrons.